The molecule has 2 N–H and O–H groups in total. The van der Waals surface area contributed by atoms with Crippen LogP contribution in [0.3, 0.4) is 0 Å². The molecule has 0 fully saturated rings. The smallest absolute Gasteiger partial charge is 0.162 e. The third-order valence-electron chi connectivity index (χ3n) is 2.71. The Morgan fingerprint density at radius 3 is 2.53 bits per heavy atom. The lowest BCUT2D eigenvalue weighted by Crippen LogP contribution is -2.32. The van der Waals surface area contributed by atoms with Crippen molar-refractivity contribution in [3.8, 4) is 5.75 Å². The number of rotatable bonds is 5. The first kappa shape index (κ1) is 13.7. The normalized spacial score (nSPS) is 11.4. The topological polar surface area (TPSA) is 52.3 Å². The maximum absolute atomic E-state index is 11.9. The predicted molar refractivity (Wildman–Crippen MR) is 69.6 cm³/mol. The van der Waals surface area contributed by atoms with E-state index in [2.05, 4.69) is 0 Å². The van der Waals surface area contributed by atoms with E-state index in [0.717, 1.165) is 16.9 Å². The summed E-state index contributed by atoms with van der Waals surface area (Å²) in [5, 5.41) is 0. The van der Waals surface area contributed by atoms with Crippen molar-refractivity contribution in [3.63, 3.8) is 0 Å². The molecular weight excluding hydrogens is 214 g/mol. The van der Waals surface area contributed by atoms with Crippen LogP contribution in [0, 0.1) is 6.92 Å². The lowest BCUT2D eigenvalue weighted by molar-refractivity contribution is 0.0972. The Balaban J connectivity index is 2.73. The maximum Gasteiger partial charge on any atom is 0.162 e. The fraction of sp³-hybridized carbons (Fsp3) is 0.500. The van der Waals surface area contributed by atoms with Crippen molar-refractivity contribution in [2.24, 2.45) is 5.73 Å². The summed E-state index contributed by atoms with van der Waals surface area (Å²) in [6, 6.07) is 5.50. The fourth-order valence-corrected chi connectivity index (χ4v) is 1.63. The van der Waals surface area contributed by atoms with Crippen LogP contribution in [0.4, 0.5) is 0 Å². The first-order valence-electron chi connectivity index (χ1n) is 5.80. The molecule has 3 nitrogen and oxygen atoms in total. The van der Waals surface area contributed by atoms with Crippen LogP contribution in [-0.4, -0.2) is 18.4 Å². The molecule has 0 aliphatic heterocycles. The molecule has 17 heavy (non-hydrogen) atoms. The molecule has 0 atom stereocenters. The van der Waals surface area contributed by atoms with Crippen LogP contribution in [0.5, 0.6) is 5.75 Å². The van der Waals surface area contributed by atoms with Gasteiger partial charge in [0.05, 0.1) is 7.11 Å². The van der Waals surface area contributed by atoms with Gasteiger partial charge in [-0.05, 0) is 51.0 Å². The van der Waals surface area contributed by atoms with E-state index in [1.165, 1.54) is 0 Å². The molecule has 0 amide bonds. The van der Waals surface area contributed by atoms with Gasteiger partial charge in [0.15, 0.2) is 5.78 Å². The molecule has 0 spiro atoms. The van der Waals surface area contributed by atoms with Crippen LogP contribution in [0.25, 0.3) is 0 Å². The summed E-state index contributed by atoms with van der Waals surface area (Å²) in [4.78, 5) is 11.9. The highest BCUT2D eigenvalue weighted by Crippen LogP contribution is 2.20. The lowest BCUT2D eigenvalue weighted by atomic mass is 9.95. The van der Waals surface area contributed by atoms with Crippen molar-refractivity contribution in [2.75, 3.05) is 7.11 Å². The Kier molecular flexibility index (Phi) is 4.29. The number of benzene rings is 1. The van der Waals surface area contributed by atoms with E-state index in [9.17, 15) is 4.79 Å². The molecule has 94 valence electrons. The summed E-state index contributed by atoms with van der Waals surface area (Å²) in [6.45, 7) is 5.79. The minimum Gasteiger partial charge on any atom is -0.496 e. The molecule has 1 aromatic carbocycles. The zero-order valence-corrected chi connectivity index (χ0v) is 11.0. The number of hydrogen-bond acceptors (Lipinski definition) is 3. The summed E-state index contributed by atoms with van der Waals surface area (Å²) in [5.41, 5.74) is 7.28. The van der Waals surface area contributed by atoms with E-state index in [1.54, 1.807) is 13.2 Å². The van der Waals surface area contributed by atoms with Gasteiger partial charge in [-0.1, -0.05) is 0 Å². The molecular formula is C14H21NO2. The van der Waals surface area contributed by atoms with Gasteiger partial charge in [0.1, 0.15) is 5.75 Å². The Hall–Kier alpha value is -1.35. The second-order valence-corrected chi connectivity index (χ2v) is 5.10. The van der Waals surface area contributed by atoms with E-state index in [4.69, 9.17) is 10.5 Å². The van der Waals surface area contributed by atoms with Gasteiger partial charge in [-0.15, -0.1) is 0 Å². The maximum atomic E-state index is 11.9. The van der Waals surface area contributed by atoms with Crippen LogP contribution in [0.2, 0.25) is 0 Å². The van der Waals surface area contributed by atoms with E-state index in [0.29, 0.717) is 12.8 Å². The molecule has 0 aliphatic carbocycles. The number of carbonyl (C=O) groups excluding carboxylic acids is 1. The van der Waals surface area contributed by atoms with Crippen molar-refractivity contribution < 1.29 is 9.53 Å². The molecule has 1 aromatic rings. The molecule has 0 aliphatic rings. The SMILES string of the molecule is COc1ccc(C(=O)CCC(C)(C)N)cc1C. The monoisotopic (exact) mass is 235 g/mol. The van der Waals surface area contributed by atoms with Crippen LogP contribution in [0.1, 0.15) is 42.6 Å². The highest BCUT2D eigenvalue weighted by molar-refractivity contribution is 5.96. The molecule has 3 heteroatoms. The van der Waals surface area contributed by atoms with Crippen molar-refractivity contribution >= 4 is 5.78 Å². The van der Waals surface area contributed by atoms with Gasteiger partial charge in [-0.25, -0.2) is 0 Å². The number of carbonyl (C=O) groups is 1. The van der Waals surface area contributed by atoms with Gasteiger partial charge in [-0.2, -0.15) is 0 Å². The Labute approximate surface area is 103 Å². The first-order chi connectivity index (χ1) is 7.83. The van der Waals surface area contributed by atoms with Crippen LogP contribution in [-0.2, 0) is 0 Å². The zero-order chi connectivity index (χ0) is 13.1. The summed E-state index contributed by atoms with van der Waals surface area (Å²) < 4.78 is 5.16. The van der Waals surface area contributed by atoms with Crippen LogP contribution in [0.15, 0.2) is 18.2 Å². The van der Waals surface area contributed by atoms with Crippen molar-refractivity contribution in [1.29, 1.82) is 0 Å². The average Bonchev–Trinajstić information content (AvgIpc) is 2.24. The lowest BCUT2D eigenvalue weighted by Gasteiger charge is -2.17. The van der Waals surface area contributed by atoms with Gasteiger partial charge in [0.2, 0.25) is 0 Å². The fourth-order valence-electron chi connectivity index (χ4n) is 1.63. The van der Waals surface area contributed by atoms with E-state index >= 15 is 0 Å². The minimum atomic E-state index is -0.294. The molecule has 0 unspecified atom stereocenters. The molecule has 0 saturated carbocycles. The second-order valence-electron chi connectivity index (χ2n) is 5.10. The van der Waals surface area contributed by atoms with Gasteiger partial charge in [-0.3, -0.25) is 4.79 Å². The number of aryl methyl sites for hydroxylation is 1. The molecule has 0 aromatic heterocycles. The molecule has 0 saturated heterocycles. The summed E-state index contributed by atoms with van der Waals surface area (Å²) >= 11 is 0. The third kappa shape index (κ3) is 4.19. The number of ether oxygens (including phenoxy) is 1. The van der Waals surface area contributed by atoms with Crippen molar-refractivity contribution in [2.45, 2.75) is 39.2 Å². The zero-order valence-electron chi connectivity index (χ0n) is 11.0. The van der Waals surface area contributed by atoms with Gasteiger partial charge in [0, 0.05) is 17.5 Å². The minimum absolute atomic E-state index is 0.134. The van der Waals surface area contributed by atoms with Gasteiger partial charge < -0.3 is 10.5 Å². The van der Waals surface area contributed by atoms with E-state index in [1.807, 2.05) is 32.9 Å². The molecule has 0 heterocycles. The van der Waals surface area contributed by atoms with Crippen molar-refractivity contribution in [1.82, 2.24) is 0 Å². The highest BCUT2D eigenvalue weighted by Gasteiger charge is 2.15. The van der Waals surface area contributed by atoms with Crippen LogP contribution >= 0.6 is 0 Å². The number of methoxy groups -OCH3 is 1. The summed E-state index contributed by atoms with van der Waals surface area (Å²) in [6.07, 6.45) is 1.17. The van der Waals surface area contributed by atoms with Gasteiger partial charge >= 0.3 is 0 Å². The quantitative estimate of drug-likeness (QED) is 0.798. The molecule has 0 bridgehead atoms. The van der Waals surface area contributed by atoms with E-state index in [-0.39, 0.29) is 11.3 Å². The van der Waals surface area contributed by atoms with Crippen molar-refractivity contribution in [3.05, 3.63) is 29.3 Å². The number of Topliss-reactive ketones (excluding diaryl/α,β-unsaturated/α-hetero) is 1. The Bertz CT molecular complexity index is 405. The Morgan fingerprint density at radius 1 is 1.41 bits per heavy atom. The molecule has 1 rings (SSSR count). The first-order valence-corrected chi connectivity index (χ1v) is 5.80. The second kappa shape index (κ2) is 5.32. The highest BCUT2D eigenvalue weighted by atomic mass is 16.5. The number of nitrogens with two attached hydrogens (primary N) is 1. The number of hydrogen-bond donors (Lipinski definition) is 1. The number of ketones is 1. The van der Waals surface area contributed by atoms with Crippen LogP contribution < -0.4 is 10.5 Å². The predicted octanol–water partition coefficient (Wildman–Crippen LogP) is 2.70. The summed E-state index contributed by atoms with van der Waals surface area (Å²) in [7, 11) is 1.63. The average molecular weight is 235 g/mol. The largest absolute Gasteiger partial charge is 0.496 e. The van der Waals surface area contributed by atoms with E-state index < -0.39 is 0 Å². The molecule has 0 radical (unpaired) electrons. The Morgan fingerprint density at radius 2 is 2.06 bits per heavy atom. The van der Waals surface area contributed by atoms with Gasteiger partial charge in [0.25, 0.3) is 0 Å². The third-order valence-corrected chi connectivity index (χ3v) is 2.71. The summed E-state index contributed by atoms with van der Waals surface area (Å²) in [5.74, 6) is 0.940. The standard InChI is InChI=1S/C14H21NO2/c1-10-9-11(5-6-13(10)17-4)12(16)7-8-14(2,3)15/h5-6,9H,7-8,15H2,1-4H3.